The molecule has 84 valence electrons. The van der Waals surface area contributed by atoms with Gasteiger partial charge in [-0.25, -0.2) is 0 Å². The molecule has 1 rings (SSSR count). The Hall–Kier alpha value is 0.880. The van der Waals surface area contributed by atoms with Crippen LogP contribution in [0.4, 0.5) is 0 Å². The average molecular weight is 330 g/mol. The Morgan fingerprint density at radius 3 is 1.79 bits per heavy atom. The molecule has 0 aromatic rings. The van der Waals surface area contributed by atoms with Crippen LogP contribution in [0.3, 0.4) is 0 Å². The van der Waals surface area contributed by atoms with E-state index in [1.165, 1.54) is 0 Å². The van der Waals surface area contributed by atoms with Crippen LogP contribution in [-0.2, 0) is 9.47 Å². The molecule has 1 aliphatic heterocycles. The predicted octanol–water partition coefficient (Wildman–Crippen LogP) is 3.33. The Morgan fingerprint density at radius 1 is 1.00 bits per heavy atom. The first kappa shape index (κ1) is 12.9. The van der Waals surface area contributed by atoms with E-state index in [0.29, 0.717) is 0 Å². The van der Waals surface area contributed by atoms with Gasteiger partial charge < -0.3 is 9.47 Å². The Morgan fingerprint density at radius 2 is 1.43 bits per heavy atom. The average Bonchev–Trinajstić information content (AvgIpc) is 2.12. The lowest BCUT2D eigenvalue weighted by Crippen LogP contribution is -2.48. The maximum Gasteiger partial charge on any atom is 0.169 e. The Labute approximate surface area is 103 Å². The lowest BCUT2D eigenvalue weighted by atomic mass is 9.94. The first-order chi connectivity index (χ1) is 6.54. The van der Waals surface area contributed by atoms with Crippen molar-refractivity contribution in [2.75, 3.05) is 23.9 Å². The fraction of sp³-hybridized carbons (Fsp3) is 1.00. The third kappa shape index (κ3) is 3.47. The van der Waals surface area contributed by atoms with Crippen molar-refractivity contribution >= 4 is 31.9 Å². The minimum Gasteiger partial charge on any atom is -0.349 e. The highest BCUT2D eigenvalue weighted by molar-refractivity contribution is 9.09. The van der Waals surface area contributed by atoms with E-state index < -0.39 is 0 Å². The number of halogens is 2. The van der Waals surface area contributed by atoms with Crippen LogP contribution in [0.5, 0.6) is 0 Å². The molecule has 0 N–H and O–H groups in total. The normalized spacial score (nSPS) is 24.9. The lowest BCUT2D eigenvalue weighted by Gasteiger charge is -2.43. The third-order valence-corrected chi connectivity index (χ3v) is 3.20. The molecule has 0 aromatic heterocycles. The highest BCUT2D eigenvalue weighted by atomic mass is 79.9. The molecule has 1 saturated heterocycles. The zero-order valence-corrected chi connectivity index (χ0v) is 12.0. The summed E-state index contributed by atoms with van der Waals surface area (Å²) in [6.45, 7) is 5.90. The molecular weight excluding hydrogens is 312 g/mol. The standard InChI is InChI=1S/C10H18Br2O2/c1-9(2)7-13-10(3-5-11,4-6-12)14-8-9/h3-8H2,1-2H3. The van der Waals surface area contributed by atoms with E-state index in [-0.39, 0.29) is 11.2 Å². The van der Waals surface area contributed by atoms with E-state index in [1.807, 2.05) is 0 Å². The van der Waals surface area contributed by atoms with Gasteiger partial charge in [0.05, 0.1) is 13.2 Å². The molecule has 0 unspecified atom stereocenters. The van der Waals surface area contributed by atoms with E-state index in [1.54, 1.807) is 0 Å². The largest absolute Gasteiger partial charge is 0.349 e. The second-order valence-corrected chi connectivity index (χ2v) is 6.12. The van der Waals surface area contributed by atoms with Crippen LogP contribution in [-0.4, -0.2) is 29.7 Å². The summed E-state index contributed by atoms with van der Waals surface area (Å²) in [6, 6.07) is 0. The number of rotatable bonds is 4. The number of hydrogen-bond acceptors (Lipinski definition) is 2. The van der Waals surface area contributed by atoms with E-state index in [4.69, 9.17) is 9.47 Å². The van der Waals surface area contributed by atoms with Crippen LogP contribution in [0.15, 0.2) is 0 Å². The van der Waals surface area contributed by atoms with Crippen LogP contribution in [0.2, 0.25) is 0 Å². The minimum atomic E-state index is -0.359. The van der Waals surface area contributed by atoms with Crippen molar-refractivity contribution in [2.24, 2.45) is 5.41 Å². The predicted molar refractivity (Wildman–Crippen MR) is 65.2 cm³/mol. The molecule has 1 heterocycles. The first-order valence-corrected chi connectivity index (χ1v) is 7.18. The van der Waals surface area contributed by atoms with Crippen molar-refractivity contribution in [1.29, 1.82) is 0 Å². The summed E-state index contributed by atoms with van der Waals surface area (Å²) in [5, 5.41) is 1.83. The molecule has 14 heavy (non-hydrogen) atoms. The van der Waals surface area contributed by atoms with E-state index >= 15 is 0 Å². The molecule has 0 aliphatic carbocycles. The van der Waals surface area contributed by atoms with Crippen LogP contribution in [0, 0.1) is 5.41 Å². The van der Waals surface area contributed by atoms with Crippen molar-refractivity contribution in [2.45, 2.75) is 32.5 Å². The van der Waals surface area contributed by atoms with Crippen molar-refractivity contribution in [3.63, 3.8) is 0 Å². The highest BCUT2D eigenvalue weighted by Gasteiger charge is 2.39. The molecule has 0 amide bonds. The zero-order valence-electron chi connectivity index (χ0n) is 8.82. The topological polar surface area (TPSA) is 18.5 Å². The molecule has 4 heteroatoms. The van der Waals surface area contributed by atoms with Crippen molar-refractivity contribution in [3.05, 3.63) is 0 Å². The fourth-order valence-corrected chi connectivity index (χ4v) is 2.65. The second-order valence-electron chi connectivity index (χ2n) is 4.53. The van der Waals surface area contributed by atoms with Gasteiger partial charge in [0.15, 0.2) is 5.79 Å². The van der Waals surface area contributed by atoms with Gasteiger partial charge in [0.25, 0.3) is 0 Å². The maximum absolute atomic E-state index is 5.88. The Balaban J connectivity index is 2.54. The van der Waals surface area contributed by atoms with Gasteiger partial charge in [0, 0.05) is 28.9 Å². The van der Waals surface area contributed by atoms with E-state index in [0.717, 1.165) is 36.7 Å². The summed E-state index contributed by atoms with van der Waals surface area (Å²) < 4.78 is 11.8. The smallest absolute Gasteiger partial charge is 0.169 e. The van der Waals surface area contributed by atoms with Gasteiger partial charge in [-0.1, -0.05) is 45.7 Å². The molecule has 2 nitrogen and oxygen atoms in total. The third-order valence-electron chi connectivity index (χ3n) is 2.40. The number of ether oxygens (including phenoxy) is 2. The molecule has 0 saturated carbocycles. The fourth-order valence-electron chi connectivity index (χ4n) is 1.44. The van der Waals surface area contributed by atoms with E-state index in [9.17, 15) is 0 Å². The Kier molecular flexibility index (Phi) is 4.88. The summed E-state index contributed by atoms with van der Waals surface area (Å²) in [5.41, 5.74) is 0.155. The molecule has 0 bridgehead atoms. The first-order valence-electron chi connectivity index (χ1n) is 4.93. The van der Waals surface area contributed by atoms with Crippen LogP contribution >= 0.6 is 31.9 Å². The summed E-state index contributed by atoms with van der Waals surface area (Å²) in [7, 11) is 0. The molecule has 0 radical (unpaired) electrons. The molecule has 1 fully saturated rings. The molecule has 0 spiro atoms. The summed E-state index contributed by atoms with van der Waals surface area (Å²) in [6.07, 6.45) is 1.82. The zero-order chi connectivity index (χ0) is 10.7. The second kappa shape index (κ2) is 5.28. The van der Waals surface area contributed by atoms with Gasteiger partial charge in [0.1, 0.15) is 0 Å². The number of hydrogen-bond donors (Lipinski definition) is 0. The van der Waals surface area contributed by atoms with Crippen molar-refractivity contribution < 1.29 is 9.47 Å². The van der Waals surface area contributed by atoms with Gasteiger partial charge in [-0.15, -0.1) is 0 Å². The lowest BCUT2D eigenvalue weighted by molar-refractivity contribution is -0.299. The maximum atomic E-state index is 5.88. The Bertz CT molecular complexity index is 165. The molecule has 1 aliphatic rings. The molecule has 0 atom stereocenters. The van der Waals surface area contributed by atoms with Gasteiger partial charge in [-0.3, -0.25) is 0 Å². The number of alkyl halides is 2. The van der Waals surface area contributed by atoms with Crippen LogP contribution in [0.25, 0.3) is 0 Å². The summed E-state index contributed by atoms with van der Waals surface area (Å²) in [5.74, 6) is -0.359. The van der Waals surface area contributed by atoms with Crippen molar-refractivity contribution in [3.8, 4) is 0 Å². The van der Waals surface area contributed by atoms with Gasteiger partial charge in [0.2, 0.25) is 0 Å². The SMILES string of the molecule is CC1(C)COC(CCBr)(CCBr)OC1. The minimum absolute atomic E-state index is 0.155. The van der Waals surface area contributed by atoms with Gasteiger partial charge in [-0.2, -0.15) is 0 Å². The quantitative estimate of drug-likeness (QED) is 0.736. The van der Waals surface area contributed by atoms with Gasteiger partial charge in [-0.05, 0) is 0 Å². The van der Waals surface area contributed by atoms with Gasteiger partial charge >= 0.3 is 0 Å². The highest BCUT2D eigenvalue weighted by Crippen LogP contribution is 2.34. The van der Waals surface area contributed by atoms with Crippen molar-refractivity contribution in [1.82, 2.24) is 0 Å². The summed E-state index contributed by atoms with van der Waals surface area (Å²) in [4.78, 5) is 0. The van der Waals surface area contributed by atoms with Crippen LogP contribution in [0.1, 0.15) is 26.7 Å². The summed E-state index contributed by atoms with van der Waals surface area (Å²) >= 11 is 6.89. The van der Waals surface area contributed by atoms with Crippen LogP contribution < -0.4 is 0 Å². The monoisotopic (exact) mass is 328 g/mol. The molecular formula is C10H18Br2O2. The van der Waals surface area contributed by atoms with E-state index in [2.05, 4.69) is 45.7 Å². The molecule has 0 aromatic carbocycles.